The van der Waals surface area contributed by atoms with Crippen LogP contribution in [0.4, 0.5) is 0 Å². The highest BCUT2D eigenvalue weighted by atomic mass is 16.7. The van der Waals surface area contributed by atoms with Gasteiger partial charge in [0.2, 0.25) is 12.5 Å². The van der Waals surface area contributed by atoms with Crippen LogP contribution in [0.1, 0.15) is 33.4 Å². The minimum Gasteiger partial charge on any atom is -0.485 e. The molecule has 0 radical (unpaired) electrons. The maximum Gasteiger partial charge on any atom is 0.231 e. The molecule has 2 aliphatic rings. The Morgan fingerprint density at radius 2 is 1.09 bits per heavy atom. The van der Waals surface area contributed by atoms with Crippen LogP contribution < -0.4 is 23.7 Å². The lowest BCUT2D eigenvalue weighted by molar-refractivity contribution is 0.174. The molecule has 0 aromatic heterocycles. The predicted molar refractivity (Wildman–Crippen MR) is 166 cm³/mol. The smallest absolute Gasteiger partial charge is 0.231 e. The monoisotopic (exact) mass is 569 g/mol. The zero-order valence-electron chi connectivity index (χ0n) is 23.7. The molecule has 0 atom stereocenters. The van der Waals surface area contributed by atoms with Crippen molar-refractivity contribution >= 4 is 5.71 Å². The normalized spacial score (nSPS) is 13.2. The van der Waals surface area contributed by atoms with E-state index in [0.717, 1.165) is 51.4 Å². The van der Waals surface area contributed by atoms with E-state index in [0.29, 0.717) is 43.6 Å². The maximum atomic E-state index is 6.49. The van der Waals surface area contributed by atoms with E-state index in [1.807, 2.05) is 109 Å². The van der Waals surface area contributed by atoms with Crippen molar-refractivity contribution < 1.29 is 23.7 Å². The van der Waals surface area contributed by atoms with Gasteiger partial charge in [0.05, 0.1) is 5.71 Å². The van der Waals surface area contributed by atoms with Gasteiger partial charge in [0.15, 0.2) is 23.0 Å². The van der Waals surface area contributed by atoms with E-state index in [9.17, 15) is 0 Å². The van der Waals surface area contributed by atoms with E-state index in [1.54, 1.807) is 0 Å². The third-order valence-corrected chi connectivity index (χ3v) is 7.50. The summed E-state index contributed by atoms with van der Waals surface area (Å²) in [5.41, 5.74) is 7.12. The van der Waals surface area contributed by atoms with E-state index < -0.39 is 0 Å². The summed E-state index contributed by atoms with van der Waals surface area (Å²) in [4.78, 5) is 4.98. The maximum absolute atomic E-state index is 6.49. The molecule has 0 bridgehead atoms. The Kier molecular flexibility index (Phi) is 7.64. The number of fused-ring (bicyclic) bond motifs is 2. The molecule has 6 heteroatoms. The van der Waals surface area contributed by atoms with E-state index >= 15 is 0 Å². The summed E-state index contributed by atoms with van der Waals surface area (Å²) in [5.74, 6) is 3.26. The molecule has 0 saturated carbocycles. The molecule has 6 nitrogen and oxygen atoms in total. The highest BCUT2D eigenvalue weighted by Crippen LogP contribution is 2.43. The number of hydrogen-bond acceptors (Lipinski definition) is 6. The molecule has 0 spiro atoms. The fourth-order valence-electron chi connectivity index (χ4n) is 5.30. The van der Waals surface area contributed by atoms with Gasteiger partial charge in [-0.1, -0.05) is 91.0 Å². The van der Waals surface area contributed by atoms with Crippen LogP contribution >= 0.6 is 0 Å². The first-order valence-electron chi connectivity index (χ1n) is 14.5. The number of ether oxygens (including phenoxy) is 5. The largest absolute Gasteiger partial charge is 0.485 e. The lowest BCUT2D eigenvalue weighted by atomic mass is 9.92. The molecule has 0 amide bonds. The van der Waals surface area contributed by atoms with Gasteiger partial charge in [0.1, 0.15) is 19.8 Å². The molecule has 2 heterocycles. The van der Waals surface area contributed by atoms with Gasteiger partial charge in [-0.15, -0.1) is 0 Å². The number of aliphatic imine (C=N–C) groups is 1. The van der Waals surface area contributed by atoms with Crippen molar-refractivity contribution in [1.29, 1.82) is 0 Å². The van der Waals surface area contributed by atoms with Gasteiger partial charge in [-0.25, -0.2) is 0 Å². The summed E-state index contributed by atoms with van der Waals surface area (Å²) in [6.45, 7) is 2.04. The molecule has 0 saturated heterocycles. The van der Waals surface area contributed by atoms with Gasteiger partial charge in [-0.2, -0.15) is 0 Å². The highest BCUT2D eigenvalue weighted by Gasteiger charge is 2.25. The lowest BCUT2D eigenvalue weighted by Crippen LogP contribution is -2.15. The third-order valence-electron chi connectivity index (χ3n) is 7.50. The van der Waals surface area contributed by atoms with E-state index in [1.165, 1.54) is 5.56 Å². The van der Waals surface area contributed by atoms with Crippen LogP contribution in [0.5, 0.6) is 28.7 Å². The number of hydrogen-bond donors (Lipinski definition) is 0. The van der Waals surface area contributed by atoms with Crippen molar-refractivity contribution in [2.75, 3.05) is 13.3 Å². The SMILES string of the molecule is c1ccc(COc2cc(C3=NCCc4cc5c(cc43)OCO5)cc(OCc3ccccc3)c2OCc2ccccc2)cc1. The van der Waals surface area contributed by atoms with E-state index in [4.69, 9.17) is 28.7 Å². The van der Waals surface area contributed by atoms with Crippen LogP contribution in [0.3, 0.4) is 0 Å². The van der Waals surface area contributed by atoms with Crippen molar-refractivity contribution in [1.82, 2.24) is 0 Å². The number of nitrogens with zero attached hydrogens (tertiary/aromatic N) is 1. The minimum absolute atomic E-state index is 0.229. The van der Waals surface area contributed by atoms with Crippen LogP contribution in [-0.4, -0.2) is 19.0 Å². The standard InChI is InChI=1S/C37H31NO5/c1-4-10-26(11-5-1)22-39-34-19-30(36-31-21-33-32(42-25-43-33)18-29(31)16-17-38-36)20-35(40-23-27-12-6-2-7-13-27)37(34)41-24-28-14-8-3-9-15-28/h1-15,18-21H,16-17,22-25H2. The molecule has 2 aliphatic heterocycles. The zero-order chi connectivity index (χ0) is 28.8. The van der Waals surface area contributed by atoms with Gasteiger partial charge < -0.3 is 23.7 Å². The molecule has 0 fully saturated rings. The fourth-order valence-corrected chi connectivity index (χ4v) is 5.30. The summed E-state index contributed by atoms with van der Waals surface area (Å²) in [5, 5.41) is 0. The van der Waals surface area contributed by atoms with Crippen molar-refractivity contribution in [3.05, 3.63) is 149 Å². The lowest BCUT2D eigenvalue weighted by Gasteiger charge is -2.22. The Bertz CT molecular complexity index is 1670. The first kappa shape index (κ1) is 26.7. The quantitative estimate of drug-likeness (QED) is 0.174. The average molecular weight is 570 g/mol. The summed E-state index contributed by atoms with van der Waals surface area (Å²) in [6.07, 6.45) is 0.836. The molecule has 5 aromatic carbocycles. The second-order valence-electron chi connectivity index (χ2n) is 10.5. The van der Waals surface area contributed by atoms with Crippen LogP contribution in [0.2, 0.25) is 0 Å². The summed E-state index contributed by atoms with van der Waals surface area (Å²) >= 11 is 0. The molecule has 0 aliphatic carbocycles. The van der Waals surface area contributed by atoms with Crippen molar-refractivity contribution in [3.8, 4) is 28.7 Å². The first-order chi connectivity index (χ1) is 21.3. The molecule has 43 heavy (non-hydrogen) atoms. The van der Waals surface area contributed by atoms with Crippen LogP contribution in [-0.2, 0) is 26.2 Å². The summed E-state index contributed by atoms with van der Waals surface area (Å²) in [7, 11) is 0. The Labute approximate surface area is 251 Å². The average Bonchev–Trinajstić information content (AvgIpc) is 3.53. The molecular weight excluding hydrogens is 538 g/mol. The van der Waals surface area contributed by atoms with Gasteiger partial charge in [-0.05, 0) is 52.9 Å². The van der Waals surface area contributed by atoms with E-state index in [2.05, 4.69) is 6.07 Å². The molecule has 0 N–H and O–H groups in total. The molecule has 7 rings (SSSR count). The summed E-state index contributed by atoms with van der Waals surface area (Å²) < 4.78 is 30.8. The predicted octanol–water partition coefficient (Wildman–Crippen LogP) is 7.55. The topological polar surface area (TPSA) is 58.5 Å². The highest BCUT2D eigenvalue weighted by molar-refractivity contribution is 6.15. The van der Waals surface area contributed by atoms with Crippen molar-refractivity contribution in [2.24, 2.45) is 4.99 Å². The van der Waals surface area contributed by atoms with Crippen LogP contribution in [0.15, 0.2) is 120 Å². The Hall–Kier alpha value is -5.23. The second-order valence-corrected chi connectivity index (χ2v) is 10.5. The molecule has 214 valence electrons. The molecule has 0 unspecified atom stereocenters. The van der Waals surface area contributed by atoms with Gasteiger partial charge in [-0.3, -0.25) is 4.99 Å². The second kappa shape index (κ2) is 12.3. The minimum atomic E-state index is 0.229. The third kappa shape index (κ3) is 6.04. The van der Waals surface area contributed by atoms with Crippen LogP contribution in [0, 0.1) is 0 Å². The Balaban J connectivity index is 1.30. The summed E-state index contributed by atoms with van der Waals surface area (Å²) in [6, 6.07) is 38.4. The van der Waals surface area contributed by atoms with Crippen molar-refractivity contribution in [2.45, 2.75) is 26.2 Å². The Morgan fingerprint density at radius 3 is 1.65 bits per heavy atom. The molecular formula is C37H31NO5. The number of rotatable bonds is 10. The van der Waals surface area contributed by atoms with Crippen molar-refractivity contribution in [3.63, 3.8) is 0 Å². The first-order valence-corrected chi connectivity index (χ1v) is 14.5. The zero-order valence-corrected chi connectivity index (χ0v) is 23.7. The van der Waals surface area contributed by atoms with Gasteiger partial charge in [0.25, 0.3) is 0 Å². The van der Waals surface area contributed by atoms with E-state index in [-0.39, 0.29) is 6.79 Å². The number of benzene rings is 5. The Morgan fingerprint density at radius 1 is 0.581 bits per heavy atom. The van der Waals surface area contributed by atoms with Gasteiger partial charge in [0, 0.05) is 17.7 Å². The van der Waals surface area contributed by atoms with Gasteiger partial charge >= 0.3 is 0 Å². The van der Waals surface area contributed by atoms with Crippen LogP contribution in [0.25, 0.3) is 0 Å². The molecule has 5 aromatic rings. The fraction of sp³-hybridized carbons (Fsp3) is 0.162.